The van der Waals surface area contributed by atoms with Crippen molar-refractivity contribution >= 4 is 39.5 Å². The highest BCUT2D eigenvalue weighted by Crippen LogP contribution is 2.25. The molecule has 2 rings (SSSR count). The van der Waals surface area contributed by atoms with E-state index in [1.807, 2.05) is 0 Å². The average Bonchev–Trinajstić information content (AvgIpc) is 2.88. The van der Waals surface area contributed by atoms with E-state index in [-0.39, 0.29) is 15.7 Å². The molecule has 0 fully saturated rings. The predicted molar refractivity (Wildman–Crippen MR) is 75.4 cm³/mol. The van der Waals surface area contributed by atoms with Gasteiger partial charge in [0.05, 0.1) is 5.02 Å². The van der Waals surface area contributed by atoms with Crippen molar-refractivity contribution in [2.24, 2.45) is 0 Å². The van der Waals surface area contributed by atoms with Crippen molar-refractivity contribution in [2.75, 3.05) is 4.72 Å². The lowest BCUT2D eigenvalue weighted by Crippen LogP contribution is -2.13. The third-order valence-corrected chi connectivity index (χ3v) is 4.18. The number of sulfonamides is 1. The second-order valence-corrected chi connectivity index (χ2v) is 5.91. The van der Waals surface area contributed by atoms with Crippen molar-refractivity contribution in [3.63, 3.8) is 0 Å². The number of hydrogen-bond acceptors (Lipinski definition) is 5. The smallest absolute Gasteiger partial charge is 0.328 e. The fraction of sp³-hybridized carbons (Fsp3) is 0. The van der Waals surface area contributed by atoms with Gasteiger partial charge in [0.1, 0.15) is 11.2 Å². The van der Waals surface area contributed by atoms with Gasteiger partial charge in [-0.05, 0) is 23.8 Å². The van der Waals surface area contributed by atoms with E-state index in [1.165, 1.54) is 36.6 Å². The number of carboxylic acids is 1. The third kappa shape index (κ3) is 3.83. The molecule has 0 aliphatic carbocycles. The molecule has 110 valence electrons. The van der Waals surface area contributed by atoms with Crippen LogP contribution in [0.1, 0.15) is 5.56 Å². The number of anilines is 1. The summed E-state index contributed by atoms with van der Waals surface area (Å²) >= 11 is 5.93. The van der Waals surface area contributed by atoms with Crippen LogP contribution in [0.4, 0.5) is 5.82 Å². The van der Waals surface area contributed by atoms with Crippen molar-refractivity contribution in [1.82, 2.24) is 5.16 Å². The van der Waals surface area contributed by atoms with E-state index in [0.717, 1.165) is 6.08 Å². The summed E-state index contributed by atoms with van der Waals surface area (Å²) in [6.07, 6.45) is 3.45. The first-order chi connectivity index (χ1) is 9.88. The van der Waals surface area contributed by atoms with Crippen molar-refractivity contribution in [3.05, 3.63) is 47.2 Å². The van der Waals surface area contributed by atoms with Crippen LogP contribution < -0.4 is 4.72 Å². The van der Waals surface area contributed by atoms with Crippen LogP contribution in [-0.2, 0) is 14.8 Å². The number of carboxylic acid groups (broad SMARTS) is 1. The monoisotopic (exact) mass is 328 g/mol. The van der Waals surface area contributed by atoms with Crippen molar-refractivity contribution in [1.29, 1.82) is 0 Å². The highest BCUT2D eigenvalue weighted by Gasteiger charge is 2.19. The van der Waals surface area contributed by atoms with Gasteiger partial charge in [0, 0.05) is 12.1 Å². The molecule has 7 nitrogen and oxygen atoms in total. The minimum atomic E-state index is -3.91. The number of nitrogens with zero attached hydrogens (tertiary/aromatic N) is 1. The summed E-state index contributed by atoms with van der Waals surface area (Å²) in [4.78, 5) is 10.3. The lowest BCUT2D eigenvalue weighted by Gasteiger charge is -2.07. The molecule has 2 N–H and O–H groups in total. The van der Waals surface area contributed by atoms with Crippen LogP contribution in [0.5, 0.6) is 0 Å². The van der Waals surface area contributed by atoms with Gasteiger partial charge in [0.2, 0.25) is 0 Å². The molecule has 2 aromatic rings. The van der Waals surface area contributed by atoms with Gasteiger partial charge >= 0.3 is 5.97 Å². The number of aromatic nitrogens is 1. The summed E-state index contributed by atoms with van der Waals surface area (Å²) in [5.74, 6) is -1.09. The van der Waals surface area contributed by atoms with Gasteiger partial charge in [-0.2, -0.15) is 0 Å². The summed E-state index contributed by atoms with van der Waals surface area (Å²) < 4.78 is 30.9. The maximum absolute atomic E-state index is 12.1. The Bertz CT molecular complexity index is 784. The second kappa shape index (κ2) is 5.98. The standard InChI is InChI=1S/C12H9ClN2O5S/c13-9-7-8(2-4-12(16)17)1-3-10(9)21(18,19)15-11-5-6-20-14-11/h1-7H,(H,14,15)(H,16,17). The Hall–Kier alpha value is -2.32. The lowest BCUT2D eigenvalue weighted by atomic mass is 10.2. The van der Waals surface area contributed by atoms with Crippen LogP contribution in [0, 0.1) is 0 Å². The Labute approximate surface area is 124 Å². The van der Waals surface area contributed by atoms with Gasteiger partial charge in [-0.25, -0.2) is 13.2 Å². The summed E-state index contributed by atoms with van der Waals surface area (Å²) in [7, 11) is -3.91. The zero-order valence-corrected chi connectivity index (χ0v) is 11.9. The molecule has 0 aliphatic rings. The number of carbonyl (C=O) groups is 1. The van der Waals surface area contributed by atoms with E-state index in [0.29, 0.717) is 5.56 Å². The number of halogens is 1. The van der Waals surface area contributed by atoms with E-state index in [4.69, 9.17) is 16.7 Å². The van der Waals surface area contributed by atoms with E-state index >= 15 is 0 Å². The van der Waals surface area contributed by atoms with E-state index < -0.39 is 16.0 Å². The Morgan fingerprint density at radius 1 is 1.38 bits per heavy atom. The number of rotatable bonds is 5. The lowest BCUT2D eigenvalue weighted by molar-refractivity contribution is -0.131. The first kappa shape index (κ1) is 15.1. The molecule has 9 heteroatoms. The molecule has 0 atom stereocenters. The molecule has 0 radical (unpaired) electrons. The van der Waals surface area contributed by atoms with E-state index in [1.54, 1.807) is 0 Å². The van der Waals surface area contributed by atoms with Crippen molar-refractivity contribution < 1.29 is 22.8 Å². The first-order valence-corrected chi connectivity index (χ1v) is 7.38. The number of aliphatic carboxylic acids is 1. The largest absolute Gasteiger partial charge is 0.478 e. The minimum absolute atomic E-state index is 0.0286. The average molecular weight is 329 g/mol. The molecule has 0 amide bonds. The summed E-state index contributed by atoms with van der Waals surface area (Å²) in [5.41, 5.74) is 0.461. The van der Waals surface area contributed by atoms with Gasteiger partial charge in [-0.1, -0.05) is 22.8 Å². The zero-order valence-electron chi connectivity index (χ0n) is 10.4. The fourth-order valence-corrected chi connectivity index (χ4v) is 3.01. The number of benzene rings is 1. The van der Waals surface area contributed by atoms with Crippen LogP contribution in [0.25, 0.3) is 6.08 Å². The Morgan fingerprint density at radius 2 is 2.14 bits per heavy atom. The van der Waals surface area contributed by atoms with Crippen LogP contribution in [0.2, 0.25) is 5.02 Å². The summed E-state index contributed by atoms with van der Waals surface area (Å²) in [6.45, 7) is 0. The van der Waals surface area contributed by atoms with Gasteiger partial charge in [-0.3, -0.25) is 4.72 Å². The van der Waals surface area contributed by atoms with Gasteiger partial charge < -0.3 is 9.63 Å². The number of nitrogens with one attached hydrogen (secondary N) is 1. The highest BCUT2D eigenvalue weighted by molar-refractivity contribution is 7.92. The van der Waals surface area contributed by atoms with Crippen LogP contribution in [0.3, 0.4) is 0 Å². The highest BCUT2D eigenvalue weighted by atomic mass is 35.5. The van der Waals surface area contributed by atoms with Gasteiger partial charge in [0.15, 0.2) is 5.82 Å². The second-order valence-electron chi connectivity index (χ2n) is 3.85. The maximum Gasteiger partial charge on any atom is 0.328 e. The quantitative estimate of drug-likeness (QED) is 0.814. The van der Waals surface area contributed by atoms with Gasteiger partial charge in [-0.15, -0.1) is 0 Å². The summed E-state index contributed by atoms with van der Waals surface area (Å²) in [5, 5.41) is 11.9. The van der Waals surface area contributed by atoms with E-state index in [9.17, 15) is 13.2 Å². The molecule has 21 heavy (non-hydrogen) atoms. The predicted octanol–water partition coefficient (Wildman–Crippen LogP) is 2.23. The SMILES string of the molecule is O=C(O)C=Cc1ccc(S(=O)(=O)Nc2ccon2)c(Cl)c1. The van der Waals surface area contributed by atoms with Crippen LogP contribution >= 0.6 is 11.6 Å². The molecule has 1 heterocycles. The Kier molecular flexibility index (Phi) is 4.29. The molecular formula is C12H9ClN2O5S. The maximum atomic E-state index is 12.1. The van der Waals surface area contributed by atoms with E-state index in [2.05, 4.69) is 14.4 Å². The topological polar surface area (TPSA) is 110 Å². The van der Waals surface area contributed by atoms with Crippen molar-refractivity contribution in [2.45, 2.75) is 4.90 Å². The molecule has 0 spiro atoms. The molecule has 0 bridgehead atoms. The number of hydrogen-bond donors (Lipinski definition) is 2. The molecular weight excluding hydrogens is 320 g/mol. The van der Waals surface area contributed by atoms with Gasteiger partial charge in [0.25, 0.3) is 10.0 Å². The van der Waals surface area contributed by atoms with Crippen molar-refractivity contribution in [3.8, 4) is 0 Å². The molecule has 0 saturated carbocycles. The van der Waals surface area contributed by atoms with Crippen LogP contribution in [0.15, 0.2) is 46.0 Å². The minimum Gasteiger partial charge on any atom is -0.478 e. The van der Waals surface area contributed by atoms with Crippen LogP contribution in [-0.4, -0.2) is 24.7 Å². The molecule has 1 aromatic carbocycles. The molecule has 0 aliphatic heterocycles. The Morgan fingerprint density at radius 3 is 2.71 bits per heavy atom. The summed E-state index contributed by atoms with van der Waals surface area (Å²) in [6, 6.07) is 5.39. The normalized spacial score (nSPS) is 11.7. The Balaban J connectivity index is 2.30. The molecule has 1 aromatic heterocycles. The molecule has 0 unspecified atom stereocenters. The molecule has 0 saturated heterocycles. The zero-order chi connectivity index (χ0) is 15.5. The fourth-order valence-electron chi connectivity index (χ4n) is 1.46. The third-order valence-electron chi connectivity index (χ3n) is 2.34. The first-order valence-electron chi connectivity index (χ1n) is 5.52.